The van der Waals surface area contributed by atoms with Gasteiger partial charge in [-0.05, 0) is 30.5 Å². The minimum absolute atomic E-state index is 0.103. The van der Waals surface area contributed by atoms with E-state index in [2.05, 4.69) is 9.72 Å². The van der Waals surface area contributed by atoms with Crippen molar-refractivity contribution >= 4 is 31.5 Å². The van der Waals surface area contributed by atoms with Crippen LogP contribution in [0.4, 0.5) is 5.82 Å². The van der Waals surface area contributed by atoms with Gasteiger partial charge in [0.1, 0.15) is 10.6 Å². The van der Waals surface area contributed by atoms with Crippen molar-refractivity contribution in [3.8, 4) is 0 Å². The molecule has 0 atom stereocenters. The second kappa shape index (κ2) is 7.49. The van der Waals surface area contributed by atoms with Crippen molar-refractivity contribution in [2.24, 2.45) is 0 Å². The normalized spacial score (nSPS) is 17.6. The Morgan fingerprint density at radius 2 is 1.88 bits per heavy atom. The van der Waals surface area contributed by atoms with Gasteiger partial charge in [0.25, 0.3) is 0 Å². The molecule has 1 saturated heterocycles. The highest BCUT2D eigenvalue weighted by Crippen LogP contribution is 2.40. The summed E-state index contributed by atoms with van der Waals surface area (Å²) in [6.07, 6.45) is 1.16. The number of rotatable bonds is 6. The molecule has 1 aromatic heterocycles. The smallest absolute Gasteiger partial charge is 0.306 e. The van der Waals surface area contributed by atoms with E-state index in [0.717, 1.165) is 13.4 Å². The van der Waals surface area contributed by atoms with E-state index < -0.39 is 36.1 Å². The Morgan fingerprint density at radius 1 is 1.27 bits per heavy atom. The van der Waals surface area contributed by atoms with Crippen LogP contribution < -0.4 is 5.73 Å². The van der Waals surface area contributed by atoms with Crippen molar-refractivity contribution in [1.29, 1.82) is 0 Å². The fraction of sp³-hybridized carbons (Fsp3) is 0.600. The van der Waals surface area contributed by atoms with Crippen molar-refractivity contribution < 1.29 is 31.1 Å². The molecule has 1 aliphatic heterocycles. The molecular weight excluding hydrogens is 384 g/mol. The van der Waals surface area contributed by atoms with Crippen LogP contribution in [-0.4, -0.2) is 60.1 Å². The van der Waals surface area contributed by atoms with Crippen LogP contribution in [0.5, 0.6) is 0 Å². The van der Waals surface area contributed by atoms with Gasteiger partial charge >= 0.3 is 5.97 Å². The molecule has 2 N–H and O–H groups in total. The number of nitrogens with zero attached hydrogens (tertiary/aromatic N) is 1. The summed E-state index contributed by atoms with van der Waals surface area (Å²) < 4.78 is 58.4. The van der Waals surface area contributed by atoms with Crippen molar-refractivity contribution in [3.05, 3.63) is 17.7 Å². The fourth-order valence-corrected chi connectivity index (χ4v) is 5.60. The van der Waals surface area contributed by atoms with Gasteiger partial charge in [0, 0.05) is 19.5 Å². The molecule has 11 heteroatoms. The minimum atomic E-state index is -3.94. The average Bonchev–Trinajstić information content (AvgIpc) is 2.58. The topological polar surface area (TPSA) is 143 Å². The number of ether oxygens (including phenoxy) is 2. The third kappa shape index (κ3) is 4.15. The number of methoxy groups -OCH3 is 1. The Hall–Kier alpha value is -1.72. The first-order valence-corrected chi connectivity index (χ1v) is 11.4. The van der Waals surface area contributed by atoms with Crippen molar-refractivity contribution in [3.63, 3.8) is 0 Å². The van der Waals surface area contributed by atoms with Gasteiger partial charge in [-0.15, -0.1) is 0 Å². The third-order valence-corrected chi connectivity index (χ3v) is 8.13. The first-order valence-electron chi connectivity index (χ1n) is 7.87. The van der Waals surface area contributed by atoms with Gasteiger partial charge in [0.05, 0.1) is 19.3 Å². The molecule has 2 rings (SSSR count). The molecule has 0 aromatic carbocycles. The molecule has 1 aromatic rings. The van der Waals surface area contributed by atoms with Crippen LogP contribution in [0, 0.1) is 0 Å². The SMILES string of the molecule is COC(=O)CCS(=O)(=O)c1cc(C2(S(C)(=O)=O)CCOCC2)cc(N)n1. The number of hydrogen-bond acceptors (Lipinski definition) is 9. The number of carbonyl (C=O) groups is 1. The molecular formula is C15H22N2O7S2. The highest BCUT2D eigenvalue weighted by Gasteiger charge is 2.44. The highest BCUT2D eigenvalue weighted by molar-refractivity contribution is 7.92. The molecule has 0 bridgehead atoms. The molecule has 0 unspecified atom stereocenters. The Morgan fingerprint density at radius 3 is 2.42 bits per heavy atom. The number of nitrogens with two attached hydrogens (primary N) is 1. The number of nitrogen functional groups attached to an aromatic ring is 1. The van der Waals surface area contributed by atoms with Crippen molar-refractivity contribution in [2.75, 3.05) is 38.1 Å². The van der Waals surface area contributed by atoms with E-state index in [1.165, 1.54) is 12.1 Å². The predicted octanol–water partition coefficient (Wildman–Crippen LogP) is 0.0509. The maximum absolute atomic E-state index is 12.5. The van der Waals surface area contributed by atoms with Crippen LogP contribution in [0.25, 0.3) is 0 Å². The zero-order valence-electron chi connectivity index (χ0n) is 14.6. The van der Waals surface area contributed by atoms with Gasteiger partial charge in [-0.3, -0.25) is 4.79 Å². The number of hydrogen-bond donors (Lipinski definition) is 1. The molecule has 0 amide bonds. The largest absolute Gasteiger partial charge is 0.469 e. The lowest BCUT2D eigenvalue weighted by atomic mass is 9.91. The molecule has 146 valence electrons. The van der Waals surface area contributed by atoms with Crippen LogP contribution in [0.2, 0.25) is 0 Å². The number of aromatic nitrogens is 1. The minimum Gasteiger partial charge on any atom is -0.469 e. The van der Waals surface area contributed by atoms with Crippen molar-refractivity contribution in [2.45, 2.75) is 29.0 Å². The first-order chi connectivity index (χ1) is 12.0. The van der Waals surface area contributed by atoms with Gasteiger partial charge in [-0.2, -0.15) is 0 Å². The molecule has 0 radical (unpaired) electrons. The summed E-state index contributed by atoms with van der Waals surface area (Å²) >= 11 is 0. The van der Waals surface area contributed by atoms with E-state index in [1.54, 1.807) is 0 Å². The summed E-state index contributed by atoms with van der Waals surface area (Å²) in [7, 11) is -6.36. The van der Waals surface area contributed by atoms with E-state index in [4.69, 9.17) is 10.5 Å². The fourth-order valence-electron chi connectivity index (χ4n) is 2.95. The zero-order chi connectivity index (χ0) is 19.6. The lowest BCUT2D eigenvalue weighted by Crippen LogP contribution is -2.41. The van der Waals surface area contributed by atoms with E-state index in [0.29, 0.717) is 0 Å². The monoisotopic (exact) mass is 406 g/mol. The number of pyridine rings is 1. The molecule has 9 nitrogen and oxygen atoms in total. The quantitative estimate of drug-likeness (QED) is 0.648. The zero-order valence-corrected chi connectivity index (χ0v) is 16.2. The van der Waals surface area contributed by atoms with E-state index in [9.17, 15) is 21.6 Å². The summed E-state index contributed by atoms with van der Waals surface area (Å²) in [5.74, 6) is -1.28. The summed E-state index contributed by atoms with van der Waals surface area (Å²) in [5.41, 5.74) is 6.02. The summed E-state index contributed by atoms with van der Waals surface area (Å²) in [6, 6.07) is 2.61. The molecule has 2 heterocycles. The predicted molar refractivity (Wildman–Crippen MR) is 93.9 cm³/mol. The molecule has 1 fully saturated rings. The van der Waals surface area contributed by atoms with Crippen LogP contribution in [-0.2, 0) is 38.7 Å². The molecule has 0 aliphatic carbocycles. The van der Waals surface area contributed by atoms with Crippen LogP contribution in [0.15, 0.2) is 17.2 Å². The Bertz CT molecular complexity index is 889. The van der Waals surface area contributed by atoms with Crippen LogP contribution >= 0.6 is 0 Å². The Kier molecular flexibility index (Phi) is 5.93. The van der Waals surface area contributed by atoms with Gasteiger partial charge in [0.15, 0.2) is 24.7 Å². The molecule has 0 spiro atoms. The van der Waals surface area contributed by atoms with Crippen LogP contribution in [0.3, 0.4) is 0 Å². The standard InChI is InChI=1S/C15H22N2O7S2/c1-23-14(18)3-8-26(21,22)13-10-11(9-12(16)17-13)15(25(2,19)20)4-6-24-7-5-15/h9-10H,3-8H2,1-2H3,(H2,16,17). The summed E-state index contributed by atoms with van der Waals surface area (Å²) in [4.78, 5) is 15.1. The number of carbonyl (C=O) groups excluding carboxylic acids is 1. The van der Waals surface area contributed by atoms with Crippen molar-refractivity contribution in [1.82, 2.24) is 4.98 Å². The number of esters is 1. The third-order valence-electron chi connectivity index (χ3n) is 4.48. The summed E-state index contributed by atoms with van der Waals surface area (Å²) in [5, 5.41) is -0.356. The molecule has 0 saturated carbocycles. The van der Waals surface area contributed by atoms with E-state index in [-0.39, 0.29) is 48.9 Å². The Labute approximate surface area is 152 Å². The average molecular weight is 406 g/mol. The van der Waals surface area contributed by atoms with Gasteiger partial charge in [-0.25, -0.2) is 21.8 Å². The molecule has 1 aliphatic rings. The lowest BCUT2D eigenvalue weighted by molar-refractivity contribution is -0.140. The maximum Gasteiger partial charge on any atom is 0.306 e. The van der Waals surface area contributed by atoms with Gasteiger partial charge in [0.2, 0.25) is 0 Å². The molecule has 26 heavy (non-hydrogen) atoms. The van der Waals surface area contributed by atoms with E-state index in [1.807, 2.05) is 0 Å². The second-order valence-corrected chi connectivity index (χ2v) is 10.5. The maximum atomic E-state index is 12.5. The number of sulfone groups is 2. The second-order valence-electron chi connectivity index (χ2n) is 6.14. The van der Waals surface area contributed by atoms with Gasteiger partial charge in [-0.1, -0.05) is 0 Å². The Balaban J connectivity index is 2.51. The lowest BCUT2D eigenvalue weighted by Gasteiger charge is -2.36. The van der Waals surface area contributed by atoms with E-state index >= 15 is 0 Å². The van der Waals surface area contributed by atoms with Gasteiger partial charge < -0.3 is 15.2 Å². The van der Waals surface area contributed by atoms with Crippen LogP contribution in [0.1, 0.15) is 24.8 Å². The number of anilines is 1. The first kappa shape index (κ1) is 20.6. The highest BCUT2D eigenvalue weighted by atomic mass is 32.2. The summed E-state index contributed by atoms with van der Waals surface area (Å²) in [6.45, 7) is 0.472.